The molecule has 8 nitrogen and oxygen atoms in total. The number of pyridine rings is 2. The van der Waals surface area contributed by atoms with Crippen LogP contribution in [0.4, 0.5) is 5.82 Å². The molecular formula is C22H24N6O2. The van der Waals surface area contributed by atoms with Crippen LogP contribution in [-0.2, 0) is 0 Å². The van der Waals surface area contributed by atoms with Gasteiger partial charge in [-0.15, -0.1) is 0 Å². The molecular weight excluding hydrogens is 380 g/mol. The van der Waals surface area contributed by atoms with Crippen molar-refractivity contribution < 1.29 is 9.47 Å². The molecule has 1 aliphatic heterocycles. The molecule has 2 fully saturated rings. The van der Waals surface area contributed by atoms with Crippen molar-refractivity contribution in [2.75, 3.05) is 33.0 Å². The molecule has 30 heavy (non-hydrogen) atoms. The van der Waals surface area contributed by atoms with Crippen LogP contribution >= 0.6 is 0 Å². The fourth-order valence-electron chi connectivity index (χ4n) is 4.00. The fourth-order valence-corrected chi connectivity index (χ4v) is 4.00. The molecule has 3 aromatic rings. The Labute approximate surface area is 174 Å². The summed E-state index contributed by atoms with van der Waals surface area (Å²) in [5.41, 5.74) is 10.0. The first kappa shape index (κ1) is 18.7. The molecule has 0 bridgehead atoms. The summed E-state index contributed by atoms with van der Waals surface area (Å²) in [5, 5.41) is 9.19. The number of hydrogen-bond acceptors (Lipinski definition) is 7. The first-order valence-electron chi connectivity index (χ1n) is 10.2. The molecule has 0 unspecified atom stereocenters. The van der Waals surface area contributed by atoms with Crippen LogP contribution in [0.25, 0.3) is 10.9 Å². The highest BCUT2D eigenvalue weighted by Crippen LogP contribution is 2.44. The fraction of sp³-hybridized carbons (Fsp3) is 0.409. The van der Waals surface area contributed by atoms with Gasteiger partial charge in [0.2, 0.25) is 11.8 Å². The molecule has 4 heterocycles. The Bertz CT molecular complexity index is 1140. The monoisotopic (exact) mass is 404 g/mol. The van der Waals surface area contributed by atoms with E-state index in [1.54, 1.807) is 26.4 Å². The lowest BCUT2D eigenvalue weighted by Crippen LogP contribution is -2.15. The van der Waals surface area contributed by atoms with Crippen LogP contribution in [0.2, 0.25) is 0 Å². The van der Waals surface area contributed by atoms with E-state index in [-0.39, 0.29) is 0 Å². The normalized spacial score (nSPS) is 18.3. The molecule has 1 saturated heterocycles. The summed E-state index contributed by atoms with van der Waals surface area (Å²) < 4.78 is 12.6. The van der Waals surface area contributed by atoms with Crippen LogP contribution in [0, 0.1) is 11.8 Å². The lowest BCUT2D eigenvalue weighted by Gasteiger charge is -2.13. The number of nitrogen functional groups attached to an aromatic ring is 1. The van der Waals surface area contributed by atoms with Gasteiger partial charge in [-0.1, -0.05) is 5.92 Å². The Morgan fingerprint density at radius 1 is 1.13 bits per heavy atom. The number of aromatic nitrogens is 4. The van der Waals surface area contributed by atoms with Crippen LogP contribution in [0.1, 0.15) is 48.0 Å². The van der Waals surface area contributed by atoms with Crippen LogP contribution < -0.4 is 20.5 Å². The van der Waals surface area contributed by atoms with E-state index in [2.05, 4.69) is 31.8 Å². The third-order valence-corrected chi connectivity index (χ3v) is 5.70. The zero-order chi connectivity index (χ0) is 20.7. The summed E-state index contributed by atoms with van der Waals surface area (Å²) in [5.74, 6) is 8.30. The SMILES string of the molecule is COc1cc(C#Cc2nn([C@H]3CCNC3)c3c(C4CC4)cnc(N)c23)cc(OC)n1. The highest BCUT2D eigenvalue weighted by molar-refractivity contribution is 5.95. The first-order valence-corrected chi connectivity index (χ1v) is 10.2. The Balaban J connectivity index is 1.66. The largest absolute Gasteiger partial charge is 0.481 e. The smallest absolute Gasteiger partial charge is 0.217 e. The van der Waals surface area contributed by atoms with E-state index in [0.717, 1.165) is 36.0 Å². The van der Waals surface area contributed by atoms with E-state index in [1.807, 2.05) is 6.20 Å². The molecule has 3 aromatic heterocycles. The Morgan fingerprint density at radius 2 is 1.90 bits per heavy atom. The highest BCUT2D eigenvalue weighted by Gasteiger charge is 2.31. The number of nitrogens with two attached hydrogens (primary N) is 1. The second-order valence-electron chi connectivity index (χ2n) is 7.73. The number of ether oxygens (including phenoxy) is 2. The molecule has 0 spiro atoms. The van der Waals surface area contributed by atoms with Gasteiger partial charge in [0, 0.05) is 30.4 Å². The number of methoxy groups -OCH3 is 2. The van der Waals surface area contributed by atoms with Crippen LogP contribution in [0.5, 0.6) is 11.8 Å². The van der Waals surface area contributed by atoms with Gasteiger partial charge in [-0.05, 0) is 43.2 Å². The number of nitrogens with one attached hydrogen (secondary N) is 1. The molecule has 1 saturated carbocycles. The molecule has 1 aliphatic carbocycles. The zero-order valence-corrected chi connectivity index (χ0v) is 17.1. The number of anilines is 1. The minimum absolute atomic E-state index is 0.295. The second-order valence-corrected chi connectivity index (χ2v) is 7.73. The quantitative estimate of drug-likeness (QED) is 0.643. The van der Waals surface area contributed by atoms with Crippen LogP contribution in [0.15, 0.2) is 18.3 Å². The predicted molar refractivity (Wildman–Crippen MR) is 114 cm³/mol. The topological polar surface area (TPSA) is 100 Å². The van der Waals surface area contributed by atoms with E-state index in [0.29, 0.717) is 35.2 Å². The molecule has 8 heteroatoms. The summed E-state index contributed by atoms with van der Waals surface area (Å²) in [4.78, 5) is 8.68. The minimum atomic E-state index is 0.295. The summed E-state index contributed by atoms with van der Waals surface area (Å²) in [6.07, 6.45) is 5.33. The first-order chi connectivity index (χ1) is 14.7. The van der Waals surface area contributed by atoms with E-state index < -0.39 is 0 Å². The van der Waals surface area contributed by atoms with Crippen molar-refractivity contribution in [2.45, 2.75) is 31.2 Å². The maximum Gasteiger partial charge on any atom is 0.217 e. The second kappa shape index (κ2) is 7.50. The summed E-state index contributed by atoms with van der Waals surface area (Å²) in [7, 11) is 3.13. The Kier molecular flexibility index (Phi) is 4.68. The molecule has 154 valence electrons. The van der Waals surface area contributed by atoms with Crippen molar-refractivity contribution in [3.63, 3.8) is 0 Å². The Morgan fingerprint density at radius 3 is 2.53 bits per heavy atom. The average Bonchev–Trinajstić information content (AvgIpc) is 3.32. The number of rotatable bonds is 4. The third kappa shape index (κ3) is 3.31. The van der Waals surface area contributed by atoms with Crippen LogP contribution in [0.3, 0.4) is 0 Å². The summed E-state index contributed by atoms with van der Waals surface area (Å²) >= 11 is 0. The molecule has 3 N–H and O–H groups in total. The van der Waals surface area contributed by atoms with Gasteiger partial charge in [-0.3, -0.25) is 4.68 Å². The molecule has 0 aromatic carbocycles. The van der Waals surface area contributed by atoms with Crippen molar-refractivity contribution in [3.05, 3.63) is 35.2 Å². The minimum Gasteiger partial charge on any atom is -0.481 e. The molecule has 0 radical (unpaired) electrons. The van der Waals surface area contributed by atoms with Crippen molar-refractivity contribution in [1.29, 1.82) is 0 Å². The molecule has 2 aliphatic rings. The molecule has 0 amide bonds. The van der Waals surface area contributed by atoms with Gasteiger partial charge < -0.3 is 20.5 Å². The van der Waals surface area contributed by atoms with Gasteiger partial charge in [-0.25, -0.2) is 4.98 Å². The Hall–Kier alpha value is -3.31. The van der Waals surface area contributed by atoms with E-state index in [4.69, 9.17) is 20.3 Å². The van der Waals surface area contributed by atoms with Gasteiger partial charge in [0.1, 0.15) is 11.5 Å². The molecule has 1 atom stereocenters. The zero-order valence-electron chi connectivity index (χ0n) is 17.1. The average molecular weight is 404 g/mol. The summed E-state index contributed by atoms with van der Waals surface area (Å²) in [6, 6.07) is 3.84. The van der Waals surface area contributed by atoms with Gasteiger partial charge in [0.05, 0.1) is 31.2 Å². The lowest BCUT2D eigenvalue weighted by atomic mass is 10.1. The standard InChI is InChI=1S/C22H24N6O2/c1-29-18-9-13(10-19(26-18)30-2)3-6-17-20-21(28(27-17)15-7-8-24-11-15)16(14-4-5-14)12-25-22(20)23/h9-10,12,14-15,24H,4-5,7-8,11H2,1-2H3,(H2,23,25)/t15-/m0/s1. The van der Waals surface area contributed by atoms with Crippen LogP contribution in [-0.4, -0.2) is 47.1 Å². The van der Waals surface area contributed by atoms with Gasteiger partial charge in [0.25, 0.3) is 0 Å². The number of nitrogens with zero attached hydrogens (tertiary/aromatic N) is 4. The van der Waals surface area contributed by atoms with Gasteiger partial charge in [0.15, 0.2) is 0 Å². The predicted octanol–water partition coefficient (Wildman–Crippen LogP) is 2.24. The number of hydrogen-bond donors (Lipinski definition) is 2. The van der Waals surface area contributed by atoms with Gasteiger partial charge >= 0.3 is 0 Å². The highest BCUT2D eigenvalue weighted by atomic mass is 16.5. The van der Waals surface area contributed by atoms with Crippen molar-refractivity contribution in [2.24, 2.45) is 0 Å². The maximum atomic E-state index is 6.32. The van der Waals surface area contributed by atoms with Crippen molar-refractivity contribution in [1.82, 2.24) is 25.1 Å². The maximum absolute atomic E-state index is 6.32. The van der Waals surface area contributed by atoms with Crippen molar-refractivity contribution in [3.8, 4) is 23.6 Å². The third-order valence-electron chi connectivity index (χ3n) is 5.70. The van der Waals surface area contributed by atoms with E-state index in [1.165, 1.54) is 18.4 Å². The molecule has 5 rings (SSSR count). The van der Waals surface area contributed by atoms with Crippen molar-refractivity contribution >= 4 is 16.7 Å². The van der Waals surface area contributed by atoms with E-state index in [9.17, 15) is 0 Å². The van der Waals surface area contributed by atoms with E-state index >= 15 is 0 Å². The summed E-state index contributed by atoms with van der Waals surface area (Å²) in [6.45, 7) is 1.89. The number of fused-ring (bicyclic) bond motifs is 1. The van der Waals surface area contributed by atoms with Gasteiger partial charge in [-0.2, -0.15) is 10.1 Å². The lowest BCUT2D eigenvalue weighted by molar-refractivity contribution is 0.364.